The van der Waals surface area contributed by atoms with E-state index in [4.69, 9.17) is 0 Å². The van der Waals surface area contributed by atoms with Crippen LogP contribution in [0.1, 0.15) is 50.4 Å². The number of piperidine rings is 1. The van der Waals surface area contributed by atoms with E-state index in [1.165, 1.54) is 13.3 Å². The Bertz CT molecular complexity index is 503. The van der Waals surface area contributed by atoms with Gasteiger partial charge < -0.3 is 10.2 Å². The van der Waals surface area contributed by atoms with E-state index in [-0.39, 0.29) is 23.9 Å². The summed E-state index contributed by atoms with van der Waals surface area (Å²) < 4.78 is 0. The quantitative estimate of drug-likeness (QED) is 0.901. The summed E-state index contributed by atoms with van der Waals surface area (Å²) in [6.45, 7) is 5.67. The Morgan fingerprint density at radius 3 is 2.45 bits per heavy atom. The first kappa shape index (κ1) is 14.6. The first-order valence-electron chi connectivity index (χ1n) is 7.19. The Morgan fingerprint density at radius 1 is 1.20 bits per heavy atom. The molecule has 20 heavy (non-hydrogen) atoms. The van der Waals surface area contributed by atoms with Crippen molar-refractivity contribution < 1.29 is 9.59 Å². The van der Waals surface area contributed by atoms with E-state index >= 15 is 0 Å². The summed E-state index contributed by atoms with van der Waals surface area (Å²) in [4.78, 5) is 25.7. The predicted octanol–water partition coefficient (Wildman–Crippen LogP) is 3.05. The van der Waals surface area contributed by atoms with Crippen molar-refractivity contribution >= 4 is 17.5 Å². The van der Waals surface area contributed by atoms with Gasteiger partial charge in [-0.05, 0) is 51.3 Å². The third kappa shape index (κ3) is 3.18. The van der Waals surface area contributed by atoms with Crippen molar-refractivity contribution in [2.45, 2.75) is 52.1 Å². The second kappa shape index (κ2) is 6.07. The number of rotatable bonds is 2. The summed E-state index contributed by atoms with van der Waals surface area (Å²) in [6, 6.07) is 7.70. The molecule has 1 heterocycles. The lowest BCUT2D eigenvalue weighted by atomic mass is 9.96. The molecule has 2 atom stereocenters. The molecule has 1 aliphatic heterocycles. The maximum atomic E-state index is 12.7. The molecule has 1 aliphatic rings. The van der Waals surface area contributed by atoms with E-state index in [1.54, 1.807) is 18.2 Å². The van der Waals surface area contributed by atoms with Gasteiger partial charge in [0.05, 0.1) is 0 Å². The van der Waals surface area contributed by atoms with Crippen LogP contribution in [0.5, 0.6) is 0 Å². The SMILES string of the molecule is CC(=O)Nc1cccc(C(=O)N2C(C)CCCC2C)c1. The van der Waals surface area contributed by atoms with Crippen LogP contribution in [0.3, 0.4) is 0 Å². The lowest BCUT2D eigenvalue weighted by Gasteiger charge is -2.39. The highest BCUT2D eigenvalue weighted by molar-refractivity contribution is 5.97. The molecule has 1 aromatic rings. The van der Waals surface area contributed by atoms with E-state index in [0.29, 0.717) is 11.3 Å². The highest BCUT2D eigenvalue weighted by Gasteiger charge is 2.29. The van der Waals surface area contributed by atoms with Gasteiger partial charge in [-0.2, -0.15) is 0 Å². The molecule has 4 heteroatoms. The summed E-state index contributed by atoms with van der Waals surface area (Å²) in [7, 11) is 0. The summed E-state index contributed by atoms with van der Waals surface area (Å²) in [5.41, 5.74) is 1.30. The number of hydrogen-bond acceptors (Lipinski definition) is 2. The van der Waals surface area contributed by atoms with E-state index in [2.05, 4.69) is 19.2 Å². The van der Waals surface area contributed by atoms with Crippen LogP contribution < -0.4 is 5.32 Å². The zero-order valence-electron chi connectivity index (χ0n) is 12.3. The van der Waals surface area contributed by atoms with Crippen LogP contribution in [-0.4, -0.2) is 28.8 Å². The first-order chi connectivity index (χ1) is 9.49. The highest BCUT2D eigenvalue weighted by atomic mass is 16.2. The number of carbonyl (C=O) groups excluding carboxylic acids is 2. The average Bonchev–Trinajstić information content (AvgIpc) is 2.38. The summed E-state index contributed by atoms with van der Waals surface area (Å²) in [5.74, 6) is -0.0776. The van der Waals surface area contributed by atoms with Gasteiger partial charge in [-0.25, -0.2) is 0 Å². The number of amides is 2. The van der Waals surface area contributed by atoms with Crippen LogP contribution in [0.4, 0.5) is 5.69 Å². The number of anilines is 1. The lowest BCUT2D eigenvalue weighted by Crippen LogP contribution is -2.47. The topological polar surface area (TPSA) is 49.4 Å². The minimum Gasteiger partial charge on any atom is -0.333 e. The molecule has 0 aliphatic carbocycles. The van der Waals surface area contributed by atoms with Crippen molar-refractivity contribution in [3.05, 3.63) is 29.8 Å². The number of benzene rings is 1. The smallest absolute Gasteiger partial charge is 0.254 e. The standard InChI is InChI=1S/C16H22N2O2/c1-11-6-4-7-12(2)18(11)16(20)14-8-5-9-15(10-14)17-13(3)19/h5,8-12H,4,6-7H2,1-3H3,(H,17,19). The summed E-state index contributed by atoms with van der Waals surface area (Å²) in [6.07, 6.45) is 3.29. The molecule has 4 nitrogen and oxygen atoms in total. The molecule has 1 N–H and O–H groups in total. The average molecular weight is 274 g/mol. The molecule has 0 saturated carbocycles. The Labute approximate surface area is 120 Å². The number of nitrogens with zero attached hydrogens (tertiary/aromatic N) is 1. The van der Waals surface area contributed by atoms with E-state index in [1.807, 2.05) is 11.0 Å². The molecule has 0 aromatic heterocycles. The maximum Gasteiger partial charge on any atom is 0.254 e. The van der Waals surface area contributed by atoms with E-state index in [9.17, 15) is 9.59 Å². The second-order valence-electron chi connectivity index (χ2n) is 5.60. The van der Waals surface area contributed by atoms with Gasteiger partial charge >= 0.3 is 0 Å². The molecular formula is C16H22N2O2. The molecule has 1 fully saturated rings. The number of likely N-dealkylation sites (tertiary alicyclic amines) is 1. The van der Waals surface area contributed by atoms with Crippen molar-refractivity contribution in [1.82, 2.24) is 4.90 Å². The Hall–Kier alpha value is -1.84. The Kier molecular flexibility index (Phi) is 4.42. The minimum absolute atomic E-state index is 0.0527. The molecular weight excluding hydrogens is 252 g/mol. The molecule has 0 spiro atoms. The van der Waals surface area contributed by atoms with Gasteiger partial charge in [-0.15, -0.1) is 0 Å². The Balaban J connectivity index is 2.21. The molecule has 2 amide bonds. The Morgan fingerprint density at radius 2 is 1.85 bits per heavy atom. The number of hydrogen-bond donors (Lipinski definition) is 1. The lowest BCUT2D eigenvalue weighted by molar-refractivity contribution is -0.114. The van der Waals surface area contributed by atoms with Crippen molar-refractivity contribution in [2.75, 3.05) is 5.32 Å². The van der Waals surface area contributed by atoms with Gasteiger partial charge in [-0.3, -0.25) is 9.59 Å². The molecule has 108 valence electrons. The van der Waals surface area contributed by atoms with E-state index in [0.717, 1.165) is 12.8 Å². The fourth-order valence-corrected chi connectivity index (χ4v) is 2.90. The first-order valence-corrected chi connectivity index (χ1v) is 7.19. The molecule has 2 rings (SSSR count). The van der Waals surface area contributed by atoms with Crippen LogP contribution >= 0.6 is 0 Å². The van der Waals surface area contributed by atoms with Crippen molar-refractivity contribution in [1.29, 1.82) is 0 Å². The summed E-state index contributed by atoms with van der Waals surface area (Å²) >= 11 is 0. The van der Waals surface area contributed by atoms with Gasteiger partial charge in [0.1, 0.15) is 0 Å². The molecule has 2 unspecified atom stereocenters. The largest absolute Gasteiger partial charge is 0.333 e. The molecule has 0 radical (unpaired) electrons. The monoisotopic (exact) mass is 274 g/mol. The normalized spacial score (nSPS) is 22.4. The zero-order valence-corrected chi connectivity index (χ0v) is 12.3. The maximum absolute atomic E-state index is 12.7. The van der Waals surface area contributed by atoms with Gasteiger partial charge in [0.15, 0.2) is 0 Å². The van der Waals surface area contributed by atoms with Crippen LogP contribution in [0.2, 0.25) is 0 Å². The second-order valence-corrected chi connectivity index (χ2v) is 5.60. The van der Waals surface area contributed by atoms with Crippen LogP contribution in [0, 0.1) is 0 Å². The number of carbonyl (C=O) groups is 2. The fourth-order valence-electron chi connectivity index (χ4n) is 2.90. The van der Waals surface area contributed by atoms with Crippen LogP contribution in [0.25, 0.3) is 0 Å². The highest BCUT2D eigenvalue weighted by Crippen LogP contribution is 2.25. The van der Waals surface area contributed by atoms with Gasteiger partial charge in [-0.1, -0.05) is 6.07 Å². The molecule has 0 bridgehead atoms. The third-order valence-corrected chi connectivity index (χ3v) is 3.86. The van der Waals surface area contributed by atoms with E-state index < -0.39 is 0 Å². The summed E-state index contributed by atoms with van der Waals surface area (Å²) in [5, 5.41) is 2.72. The number of nitrogens with one attached hydrogen (secondary N) is 1. The van der Waals surface area contributed by atoms with Crippen LogP contribution in [0.15, 0.2) is 24.3 Å². The van der Waals surface area contributed by atoms with Crippen LogP contribution in [-0.2, 0) is 4.79 Å². The van der Waals surface area contributed by atoms with Gasteiger partial charge in [0.2, 0.25) is 5.91 Å². The zero-order chi connectivity index (χ0) is 14.7. The van der Waals surface area contributed by atoms with Crippen molar-refractivity contribution in [2.24, 2.45) is 0 Å². The van der Waals surface area contributed by atoms with Gasteiger partial charge in [0, 0.05) is 30.3 Å². The van der Waals surface area contributed by atoms with Crippen molar-refractivity contribution in [3.8, 4) is 0 Å². The molecule has 1 saturated heterocycles. The fraction of sp³-hybridized carbons (Fsp3) is 0.500. The third-order valence-electron chi connectivity index (χ3n) is 3.86. The minimum atomic E-state index is -0.130. The predicted molar refractivity (Wildman–Crippen MR) is 79.7 cm³/mol. The molecule has 1 aromatic carbocycles. The van der Waals surface area contributed by atoms with Crippen molar-refractivity contribution in [3.63, 3.8) is 0 Å². The van der Waals surface area contributed by atoms with Gasteiger partial charge in [0.25, 0.3) is 5.91 Å².